The number of amides is 1. The number of carbonyl (C=O) groups excluding carboxylic acids is 1. The number of nitrogens with zero attached hydrogens (tertiary/aromatic N) is 2. The molecule has 1 aliphatic carbocycles. The van der Waals surface area contributed by atoms with Crippen LogP contribution in [0.15, 0.2) is 42.6 Å². The van der Waals surface area contributed by atoms with Crippen LogP contribution in [-0.2, 0) is 6.42 Å². The number of nitrogens with one attached hydrogen (secondary N) is 1. The molecule has 1 N–H and O–H groups in total. The minimum atomic E-state index is -0.245. The number of halogens is 1. The molecule has 6 heteroatoms. The fraction of sp³-hybridized carbons (Fsp3) is 0.333. The highest BCUT2D eigenvalue weighted by Gasteiger charge is 2.30. The molecule has 1 aliphatic rings. The second-order valence-corrected chi connectivity index (χ2v) is 10.4. The standard InChI is InChI=1S/C27H28FN3OS/c1-16-10-17(2)12-21(11-16)26-25(30-18(3)33-26)27(32)31(15-19-4-5-19)9-8-20-14-29-24-7-6-22(28)13-23(20)24/h6-7,10-14,19,29H,4-5,8-9,15H2,1-3H3. The van der Waals surface area contributed by atoms with Crippen LogP contribution < -0.4 is 0 Å². The predicted octanol–water partition coefficient (Wildman–Crippen LogP) is 6.45. The third kappa shape index (κ3) is 4.71. The second-order valence-electron chi connectivity index (χ2n) is 9.24. The number of aromatic amines is 1. The Labute approximate surface area is 197 Å². The quantitative estimate of drug-likeness (QED) is 0.344. The van der Waals surface area contributed by atoms with Gasteiger partial charge in [-0.15, -0.1) is 11.3 Å². The molecule has 2 aromatic heterocycles. The Morgan fingerprint density at radius 1 is 1.15 bits per heavy atom. The van der Waals surface area contributed by atoms with Crippen molar-refractivity contribution in [3.63, 3.8) is 0 Å². The fourth-order valence-corrected chi connectivity index (χ4v) is 5.42. The number of hydrogen-bond acceptors (Lipinski definition) is 3. The third-order valence-electron chi connectivity index (χ3n) is 6.26. The van der Waals surface area contributed by atoms with Gasteiger partial charge in [-0.3, -0.25) is 4.79 Å². The van der Waals surface area contributed by atoms with Crippen LogP contribution in [0.2, 0.25) is 0 Å². The van der Waals surface area contributed by atoms with E-state index >= 15 is 0 Å². The van der Waals surface area contributed by atoms with Crippen LogP contribution in [-0.4, -0.2) is 33.9 Å². The van der Waals surface area contributed by atoms with E-state index in [1.807, 2.05) is 18.0 Å². The summed E-state index contributed by atoms with van der Waals surface area (Å²) in [7, 11) is 0. The van der Waals surface area contributed by atoms with E-state index < -0.39 is 0 Å². The molecular weight excluding hydrogens is 433 g/mol. The van der Waals surface area contributed by atoms with Crippen LogP contribution in [0.1, 0.15) is 45.0 Å². The largest absolute Gasteiger partial charge is 0.361 e. The Bertz CT molecular complexity index is 1310. The summed E-state index contributed by atoms with van der Waals surface area (Å²) >= 11 is 1.58. The number of rotatable bonds is 7. The monoisotopic (exact) mass is 461 g/mol. The first kappa shape index (κ1) is 21.8. The third-order valence-corrected chi connectivity index (χ3v) is 7.28. The van der Waals surface area contributed by atoms with Crippen LogP contribution in [0.3, 0.4) is 0 Å². The molecule has 0 saturated heterocycles. The van der Waals surface area contributed by atoms with Gasteiger partial charge in [0.2, 0.25) is 0 Å². The van der Waals surface area contributed by atoms with Gasteiger partial charge in [0.25, 0.3) is 5.91 Å². The van der Waals surface area contributed by atoms with E-state index in [9.17, 15) is 9.18 Å². The van der Waals surface area contributed by atoms with E-state index in [1.54, 1.807) is 23.5 Å². The Morgan fingerprint density at radius 3 is 2.64 bits per heavy atom. The number of aromatic nitrogens is 2. The van der Waals surface area contributed by atoms with Gasteiger partial charge in [0.15, 0.2) is 0 Å². The predicted molar refractivity (Wildman–Crippen MR) is 132 cm³/mol. The molecule has 5 rings (SSSR count). The van der Waals surface area contributed by atoms with E-state index in [0.29, 0.717) is 24.6 Å². The number of hydrogen-bond donors (Lipinski definition) is 1. The van der Waals surface area contributed by atoms with Gasteiger partial charge in [0.1, 0.15) is 11.5 Å². The smallest absolute Gasteiger partial charge is 0.274 e. The van der Waals surface area contributed by atoms with Crippen LogP contribution in [0.5, 0.6) is 0 Å². The Hall–Kier alpha value is -2.99. The summed E-state index contributed by atoms with van der Waals surface area (Å²) in [4.78, 5) is 24.6. The fourth-order valence-electron chi connectivity index (χ4n) is 4.52. The summed E-state index contributed by atoms with van der Waals surface area (Å²) in [5.74, 6) is 0.315. The first-order chi connectivity index (χ1) is 15.9. The molecular formula is C27H28FN3OS. The Balaban J connectivity index is 1.43. The SMILES string of the molecule is Cc1cc(C)cc(-c2sc(C)nc2C(=O)N(CCc2c[nH]c3ccc(F)cc23)CC2CC2)c1. The lowest BCUT2D eigenvalue weighted by Gasteiger charge is -2.22. The van der Waals surface area contributed by atoms with E-state index in [4.69, 9.17) is 0 Å². The number of fused-ring (bicyclic) bond motifs is 1. The first-order valence-electron chi connectivity index (χ1n) is 11.5. The number of H-pyrrole nitrogens is 1. The van der Waals surface area contributed by atoms with Crippen LogP contribution in [0.4, 0.5) is 4.39 Å². The maximum Gasteiger partial charge on any atom is 0.274 e. The van der Waals surface area contributed by atoms with E-state index in [0.717, 1.165) is 38.5 Å². The highest BCUT2D eigenvalue weighted by atomic mass is 32.1. The molecule has 0 unspecified atom stereocenters. The highest BCUT2D eigenvalue weighted by Crippen LogP contribution is 2.34. The highest BCUT2D eigenvalue weighted by molar-refractivity contribution is 7.15. The van der Waals surface area contributed by atoms with Crippen molar-refractivity contribution < 1.29 is 9.18 Å². The van der Waals surface area contributed by atoms with Gasteiger partial charge in [0, 0.05) is 30.2 Å². The van der Waals surface area contributed by atoms with Crippen molar-refractivity contribution in [3.05, 3.63) is 75.8 Å². The van der Waals surface area contributed by atoms with Gasteiger partial charge in [-0.2, -0.15) is 0 Å². The summed E-state index contributed by atoms with van der Waals surface area (Å²) in [5.41, 5.74) is 5.90. The van der Waals surface area contributed by atoms with E-state index in [-0.39, 0.29) is 11.7 Å². The lowest BCUT2D eigenvalue weighted by molar-refractivity contribution is 0.0745. The molecule has 0 atom stereocenters. The zero-order chi connectivity index (χ0) is 23.1. The van der Waals surface area contributed by atoms with Crippen molar-refractivity contribution in [2.75, 3.05) is 13.1 Å². The number of aryl methyl sites for hydroxylation is 3. The zero-order valence-electron chi connectivity index (χ0n) is 19.2. The molecule has 170 valence electrons. The molecule has 1 amide bonds. The average molecular weight is 462 g/mol. The maximum atomic E-state index is 13.8. The van der Waals surface area contributed by atoms with Crippen molar-refractivity contribution in [2.24, 2.45) is 5.92 Å². The second kappa shape index (κ2) is 8.75. The van der Waals surface area contributed by atoms with Crippen molar-refractivity contribution in [3.8, 4) is 10.4 Å². The van der Waals surface area contributed by atoms with Gasteiger partial charge >= 0.3 is 0 Å². The van der Waals surface area contributed by atoms with Crippen molar-refractivity contribution in [1.29, 1.82) is 0 Å². The van der Waals surface area contributed by atoms with Crippen LogP contribution in [0, 0.1) is 32.5 Å². The number of thiazole rings is 1. The summed E-state index contributed by atoms with van der Waals surface area (Å²) in [6.07, 6.45) is 4.94. The van der Waals surface area contributed by atoms with E-state index in [2.05, 4.69) is 42.0 Å². The Morgan fingerprint density at radius 2 is 1.91 bits per heavy atom. The molecule has 2 heterocycles. The molecule has 0 spiro atoms. The minimum absolute atomic E-state index is 0.00793. The van der Waals surface area contributed by atoms with E-state index in [1.165, 1.54) is 30.0 Å². The van der Waals surface area contributed by atoms with Gasteiger partial charge in [-0.05, 0) is 75.3 Å². The van der Waals surface area contributed by atoms with Gasteiger partial charge in [-0.25, -0.2) is 9.37 Å². The van der Waals surface area contributed by atoms with Crippen molar-refractivity contribution in [2.45, 2.75) is 40.0 Å². The maximum absolute atomic E-state index is 13.8. The molecule has 4 nitrogen and oxygen atoms in total. The molecule has 0 radical (unpaired) electrons. The van der Waals surface area contributed by atoms with Gasteiger partial charge in [-0.1, -0.05) is 29.3 Å². The summed E-state index contributed by atoms with van der Waals surface area (Å²) in [6, 6.07) is 11.2. The number of benzene rings is 2. The average Bonchev–Trinajstić information content (AvgIpc) is 3.37. The summed E-state index contributed by atoms with van der Waals surface area (Å²) in [5, 5.41) is 1.78. The summed E-state index contributed by atoms with van der Waals surface area (Å²) in [6.45, 7) is 7.45. The molecule has 1 fully saturated rings. The zero-order valence-corrected chi connectivity index (χ0v) is 20.1. The Kier molecular flexibility index (Phi) is 5.79. The molecule has 1 saturated carbocycles. The first-order valence-corrected chi connectivity index (χ1v) is 12.3. The molecule has 33 heavy (non-hydrogen) atoms. The minimum Gasteiger partial charge on any atom is -0.361 e. The van der Waals surface area contributed by atoms with Crippen molar-refractivity contribution in [1.82, 2.24) is 14.9 Å². The molecule has 4 aromatic rings. The lowest BCUT2D eigenvalue weighted by Crippen LogP contribution is -2.35. The topological polar surface area (TPSA) is 49.0 Å². The number of carbonyl (C=O) groups is 1. The summed E-state index contributed by atoms with van der Waals surface area (Å²) < 4.78 is 13.8. The molecule has 0 bridgehead atoms. The van der Waals surface area contributed by atoms with Crippen LogP contribution >= 0.6 is 11.3 Å². The molecule has 2 aromatic carbocycles. The normalized spacial score (nSPS) is 13.6. The van der Waals surface area contributed by atoms with Crippen molar-refractivity contribution >= 4 is 28.1 Å². The van der Waals surface area contributed by atoms with Gasteiger partial charge in [0.05, 0.1) is 9.88 Å². The van der Waals surface area contributed by atoms with Gasteiger partial charge < -0.3 is 9.88 Å². The lowest BCUT2D eigenvalue weighted by atomic mass is 10.0. The molecule has 0 aliphatic heterocycles. The van der Waals surface area contributed by atoms with Crippen LogP contribution in [0.25, 0.3) is 21.3 Å².